The summed E-state index contributed by atoms with van der Waals surface area (Å²) in [5.74, 6) is 1.72. The minimum absolute atomic E-state index is 0.792. The van der Waals surface area contributed by atoms with E-state index in [4.69, 9.17) is 0 Å². The van der Waals surface area contributed by atoms with E-state index in [9.17, 15) is 0 Å². The standard InChI is InChI=1S/C15H26N2S/c1-3-8-16-10-14(13-6-4-5-7-13)9-15-11-18-12(2)17-15/h11,13-14,16H,3-10H2,1-2H3. The molecule has 1 aliphatic rings. The third-order valence-corrected chi connectivity index (χ3v) is 4.86. The van der Waals surface area contributed by atoms with Gasteiger partial charge in [-0.1, -0.05) is 32.6 Å². The molecular weight excluding hydrogens is 240 g/mol. The van der Waals surface area contributed by atoms with Crippen molar-refractivity contribution in [2.24, 2.45) is 11.8 Å². The first kappa shape index (κ1) is 14.0. The van der Waals surface area contributed by atoms with Crippen LogP contribution in [-0.2, 0) is 6.42 Å². The molecule has 0 radical (unpaired) electrons. The summed E-state index contributed by atoms with van der Waals surface area (Å²) in [4.78, 5) is 4.64. The molecule has 1 aromatic heterocycles. The molecule has 0 bridgehead atoms. The Morgan fingerprint density at radius 3 is 2.83 bits per heavy atom. The maximum atomic E-state index is 4.64. The zero-order chi connectivity index (χ0) is 12.8. The predicted octanol–water partition coefficient (Wildman–Crippen LogP) is 3.80. The monoisotopic (exact) mass is 266 g/mol. The van der Waals surface area contributed by atoms with Crippen molar-refractivity contribution in [3.63, 3.8) is 0 Å². The Balaban J connectivity index is 1.90. The molecule has 1 atom stereocenters. The quantitative estimate of drug-likeness (QED) is 0.759. The molecule has 1 aliphatic carbocycles. The second-order valence-electron chi connectivity index (χ2n) is 5.57. The molecule has 0 amide bonds. The van der Waals surface area contributed by atoms with Crippen molar-refractivity contribution >= 4 is 11.3 Å². The molecule has 2 rings (SSSR count). The van der Waals surface area contributed by atoms with Gasteiger partial charge in [-0.25, -0.2) is 4.98 Å². The van der Waals surface area contributed by atoms with Gasteiger partial charge in [-0.2, -0.15) is 0 Å². The molecule has 0 saturated heterocycles. The molecule has 1 fully saturated rings. The van der Waals surface area contributed by atoms with Gasteiger partial charge in [0.25, 0.3) is 0 Å². The van der Waals surface area contributed by atoms with Crippen molar-refractivity contribution in [2.45, 2.75) is 52.4 Å². The van der Waals surface area contributed by atoms with Crippen LogP contribution >= 0.6 is 11.3 Å². The van der Waals surface area contributed by atoms with E-state index in [1.54, 1.807) is 11.3 Å². The van der Waals surface area contributed by atoms with Gasteiger partial charge in [0, 0.05) is 5.38 Å². The SMILES string of the molecule is CCCNCC(Cc1csc(C)n1)C1CCCC1. The first-order valence-electron chi connectivity index (χ1n) is 7.41. The van der Waals surface area contributed by atoms with Crippen LogP contribution in [0, 0.1) is 18.8 Å². The minimum Gasteiger partial charge on any atom is -0.316 e. The van der Waals surface area contributed by atoms with Gasteiger partial charge in [-0.3, -0.25) is 0 Å². The van der Waals surface area contributed by atoms with Crippen molar-refractivity contribution in [2.75, 3.05) is 13.1 Å². The summed E-state index contributed by atoms with van der Waals surface area (Å²) in [7, 11) is 0. The van der Waals surface area contributed by atoms with Crippen LogP contribution in [-0.4, -0.2) is 18.1 Å². The average molecular weight is 266 g/mol. The van der Waals surface area contributed by atoms with E-state index < -0.39 is 0 Å². The number of aryl methyl sites for hydroxylation is 1. The molecule has 3 heteroatoms. The fraction of sp³-hybridized carbons (Fsp3) is 0.800. The highest BCUT2D eigenvalue weighted by atomic mass is 32.1. The number of nitrogens with one attached hydrogen (secondary N) is 1. The Labute approximate surface area is 115 Å². The third-order valence-electron chi connectivity index (χ3n) is 4.04. The van der Waals surface area contributed by atoms with Crippen LogP contribution < -0.4 is 5.32 Å². The minimum atomic E-state index is 0.792. The lowest BCUT2D eigenvalue weighted by molar-refractivity contribution is 0.319. The molecule has 0 aliphatic heterocycles. The summed E-state index contributed by atoms with van der Waals surface area (Å²) in [6.07, 6.45) is 8.14. The molecule has 2 nitrogen and oxygen atoms in total. The molecule has 0 spiro atoms. The molecule has 1 heterocycles. The van der Waals surface area contributed by atoms with Crippen molar-refractivity contribution in [3.8, 4) is 0 Å². The van der Waals surface area contributed by atoms with Crippen molar-refractivity contribution in [1.82, 2.24) is 10.3 Å². The van der Waals surface area contributed by atoms with Crippen molar-refractivity contribution in [3.05, 3.63) is 16.1 Å². The predicted molar refractivity (Wildman–Crippen MR) is 79.2 cm³/mol. The maximum absolute atomic E-state index is 4.64. The van der Waals surface area contributed by atoms with Crippen LogP contribution in [0.2, 0.25) is 0 Å². The molecule has 18 heavy (non-hydrogen) atoms. The van der Waals surface area contributed by atoms with E-state index in [0.717, 1.165) is 18.4 Å². The largest absolute Gasteiger partial charge is 0.316 e. The Morgan fingerprint density at radius 1 is 1.44 bits per heavy atom. The molecule has 1 aromatic rings. The average Bonchev–Trinajstić information content (AvgIpc) is 2.99. The van der Waals surface area contributed by atoms with Crippen LogP contribution in [0.4, 0.5) is 0 Å². The smallest absolute Gasteiger partial charge is 0.0897 e. The van der Waals surface area contributed by atoms with Crippen LogP contribution in [0.25, 0.3) is 0 Å². The van der Waals surface area contributed by atoms with Gasteiger partial charge in [0.1, 0.15) is 0 Å². The number of thiazole rings is 1. The van der Waals surface area contributed by atoms with Gasteiger partial charge >= 0.3 is 0 Å². The first-order valence-corrected chi connectivity index (χ1v) is 8.29. The van der Waals surface area contributed by atoms with Gasteiger partial charge in [-0.15, -0.1) is 11.3 Å². The Kier molecular flexibility index (Phi) is 5.64. The van der Waals surface area contributed by atoms with E-state index in [2.05, 4.69) is 29.5 Å². The van der Waals surface area contributed by atoms with E-state index in [0.29, 0.717) is 0 Å². The zero-order valence-corrected chi connectivity index (χ0v) is 12.6. The normalized spacial score (nSPS) is 18.3. The Morgan fingerprint density at radius 2 is 2.22 bits per heavy atom. The third kappa shape index (κ3) is 4.06. The van der Waals surface area contributed by atoms with Crippen LogP contribution in [0.1, 0.15) is 49.7 Å². The highest BCUT2D eigenvalue weighted by molar-refractivity contribution is 7.09. The number of aromatic nitrogens is 1. The Bertz CT molecular complexity index is 342. The van der Waals surface area contributed by atoms with Gasteiger partial charge < -0.3 is 5.32 Å². The fourth-order valence-electron chi connectivity index (χ4n) is 3.07. The van der Waals surface area contributed by atoms with Crippen LogP contribution in [0.5, 0.6) is 0 Å². The zero-order valence-electron chi connectivity index (χ0n) is 11.7. The molecule has 1 saturated carbocycles. The van der Waals surface area contributed by atoms with E-state index in [1.807, 2.05) is 0 Å². The number of nitrogens with zero attached hydrogens (tertiary/aromatic N) is 1. The molecule has 1 N–H and O–H groups in total. The second kappa shape index (κ2) is 7.25. The summed E-state index contributed by atoms with van der Waals surface area (Å²) in [6.45, 7) is 6.67. The lowest BCUT2D eigenvalue weighted by Crippen LogP contribution is -2.29. The molecule has 102 valence electrons. The Hall–Kier alpha value is -0.410. The van der Waals surface area contributed by atoms with Gasteiger partial charge in [0.05, 0.1) is 10.7 Å². The summed E-state index contributed by atoms with van der Waals surface area (Å²) in [6, 6.07) is 0. The van der Waals surface area contributed by atoms with Gasteiger partial charge in [0.15, 0.2) is 0 Å². The highest BCUT2D eigenvalue weighted by Crippen LogP contribution is 2.33. The second-order valence-corrected chi connectivity index (χ2v) is 6.63. The van der Waals surface area contributed by atoms with Crippen LogP contribution in [0.15, 0.2) is 5.38 Å². The fourth-order valence-corrected chi connectivity index (χ4v) is 3.69. The van der Waals surface area contributed by atoms with Crippen LogP contribution in [0.3, 0.4) is 0 Å². The maximum Gasteiger partial charge on any atom is 0.0897 e. The summed E-state index contributed by atoms with van der Waals surface area (Å²) in [5.41, 5.74) is 1.31. The van der Waals surface area contributed by atoms with Gasteiger partial charge in [0.2, 0.25) is 0 Å². The summed E-state index contributed by atoms with van der Waals surface area (Å²) < 4.78 is 0. The molecule has 1 unspecified atom stereocenters. The number of hydrogen-bond acceptors (Lipinski definition) is 3. The topological polar surface area (TPSA) is 24.9 Å². The van der Waals surface area contributed by atoms with E-state index in [1.165, 1.54) is 55.8 Å². The van der Waals surface area contributed by atoms with Crippen molar-refractivity contribution in [1.29, 1.82) is 0 Å². The van der Waals surface area contributed by atoms with Gasteiger partial charge in [-0.05, 0) is 44.7 Å². The van der Waals surface area contributed by atoms with Crippen molar-refractivity contribution < 1.29 is 0 Å². The first-order chi connectivity index (χ1) is 8.79. The molecular formula is C15H26N2S. The number of rotatable bonds is 7. The highest BCUT2D eigenvalue weighted by Gasteiger charge is 2.25. The summed E-state index contributed by atoms with van der Waals surface area (Å²) in [5, 5.41) is 7.07. The number of hydrogen-bond donors (Lipinski definition) is 1. The lowest BCUT2D eigenvalue weighted by atomic mass is 9.87. The van der Waals surface area contributed by atoms with E-state index >= 15 is 0 Å². The summed E-state index contributed by atoms with van der Waals surface area (Å²) >= 11 is 1.79. The lowest BCUT2D eigenvalue weighted by Gasteiger charge is -2.23. The molecule has 0 aromatic carbocycles. The van der Waals surface area contributed by atoms with E-state index in [-0.39, 0.29) is 0 Å².